The Labute approximate surface area is 84.3 Å². The molecule has 0 fully saturated rings. The Morgan fingerprint density at radius 2 is 2.31 bits per heavy atom. The Bertz CT molecular complexity index is 299. The molecule has 7 heteroatoms. The van der Waals surface area contributed by atoms with Gasteiger partial charge in [-0.2, -0.15) is 0 Å². The second kappa shape index (κ2) is 4.43. The fourth-order valence-electron chi connectivity index (χ4n) is 0.574. The molecular weight excluding hydrogens is 208 g/mol. The first-order valence-corrected chi connectivity index (χ1v) is 5.31. The van der Waals surface area contributed by atoms with Gasteiger partial charge in [0, 0.05) is 14.1 Å². The van der Waals surface area contributed by atoms with Gasteiger partial charge >= 0.3 is 0 Å². The monoisotopic (exact) mass is 218 g/mol. The highest BCUT2D eigenvalue weighted by molar-refractivity contribution is 8.01. The Kier molecular flexibility index (Phi) is 3.49. The number of hydrogen-bond donors (Lipinski definition) is 1. The number of anilines is 1. The Balaban J connectivity index is 2.54. The summed E-state index contributed by atoms with van der Waals surface area (Å²) in [4.78, 5) is 12.3. The number of carbonyl (C=O) groups is 1. The van der Waals surface area contributed by atoms with Gasteiger partial charge in [0.1, 0.15) is 0 Å². The van der Waals surface area contributed by atoms with Gasteiger partial charge in [-0.15, -0.1) is 10.2 Å². The van der Waals surface area contributed by atoms with Crippen LogP contribution in [0, 0.1) is 0 Å². The van der Waals surface area contributed by atoms with E-state index in [1.807, 2.05) is 19.0 Å². The number of nitrogens with two attached hydrogens (primary N) is 1. The summed E-state index contributed by atoms with van der Waals surface area (Å²) in [6.45, 7) is 0. The molecule has 0 aliphatic heterocycles. The van der Waals surface area contributed by atoms with E-state index in [9.17, 15) is 4.79 Å². The standard InChI is InChI=1S/C6H10N4OS2/c1-10(2)5-8-9-6(13-5)12-3-4(7)11/h3H2,1-2H3,(H2,7,11). The highest BCUT2D eigenvalue weighted by atomic mass is 32.2. The predicted molar refractivity (Wildman–Crippen MR) is 54.2 cm³/mol. The SMILES string of the molecule is CN(C)c1nnc(SCC(N)=O)s1. The van der Waals surface area contributed by atoms with Crippen molar-refractivity contribution in [2.45, 2.75) is 4.34 Å². The van der Waals surface area contributed by atoms with Crippen LogP contribution < -0.4 is 10.6 Å². The largest absolute Gasteiger partial charge is 0.369 e. The summed E-state index contributed by atoms with van der Waals surface area (Å²) in [5.74, 6) is -0.0891. The number of thioether (sulfide) groups is 1. The predicted octanol–water partition coefficient (Wildman–Crippen LogP) is 0.181. The minimum absolute atomic E-state index is 0.252. The summed E-state index contributed by atoms with van der Waals surface area (Å²) in [5.41, 5.74) is 4.99. The lowest BCUT2D eigenvalue weighted by atomic mass is 10.8. The summed E-state index contributed by atoms with van der Waals surface area (Å²) < 4.78 is 0.766. The van der Waals surface area contributed by atoms with Crippen molar-refractivity contribution in [1.29, 1.82) is 0 Å². The maximum Gasteiger partial charge on any atom is 0.227 e. The van der Waals surface area contributed by atoms with E-state index >= 15 is 0 Å². The molecule has 1 aromatic rings. The lowest BCUT2D eigenvalue weighted by molar-refractivity contribution is -0.115. The third-order valence-electron chi connectivity index (χ3n) is 1.12. The van der Waals surface area contributed by atoms with Crippen LogP contribution in [0.5, 0.6) is 0 Å². The molecule has 72 valence electrons. The molecule has 0 aromatic carbocycles. The first kappa shape index (κ1) is 10.3. The van der Waals surface area contributed by atoms with Crippen LogP contribution in [-0.2, 0) is 4.79 Å². The summed E-state index contributed by atoms with van der Waals surface area (Å²) in [7, 11) is 3.78. The van der Waals surface area contributed by atoms with Crippen LogP contribution in [-0.4, -0.2) is 36.0 Å². The van der Waals surface area contributed by atoms with Crippen LogP contribution in [0.25, 0.3) is 0 Å². The van der Waals surface area contributed by atoms with Crippen molar-refractivity contribution < 1.29 is 4.79 Å². The Morgan fingerprint density at radius 1 is 1.62 bits per heavy atom. The van der Waals surface area contributed by atoms with Crippen molar-refractivity contribution >= 4 is 34.1 Å². The summed E-state index contributed by atoms with van der Waals surface area (Å²) in [6.07, 6.45) is 0. The summed E-state index contributed by atoms with van der Waals surface area (Å²) >= 11 is 2.75. The molecule has 13 heavy (non-hydrogen) atoms. The molecule has 0 saturated carbocycles. The number of primary amides is 1. The molecule has 1 amide bonds. The first-order chi connectivity index (χ1) is 6.09. The van der Waals surface area contributed by atoms with Crippen LogP contribution in [0.1, 0.15) is 0 Å². The minimum atomic E-state index is -0.341. The number of rotatable bonds is 4. The fourth-order valence-corrected chi connectivity index (χ4v) is 2.08. The molecule has 1 rings (SSSR count). The quantitative estimate of drug-likeness (QED) is 0.730. The third kappa shape index (κ3) is 3.19. The molecule has 0 spiro atoms. The Hall–Kier alpha value is -0.820. The molecule has 1 heterocycles. The minimum Gasteiger partial charge on any atom is -0.369 e. The molecule has 2 N–H and O–H groups in total. The molecule has 5 nitrogen and oxygen atoms in total. The second-order valence-corrected chi connectivity index (χ2v) is 4.68. The fraction of sp³-hybridized carbons (Fsp3) is 0.500. The maximum absolute atomic E-state index is 10.5. The average Bonchev–Trinajstić information content (AvgIpc) is 2.48. The van der Waals surface area contributed by atoms with Crippen LogP contribution in [0.15, 0.2) is 4.34 Å². The van der Waals surface area contributed by atoms with Gasteiger partial charge in [0.15, 0.2) is 4.34 Å². The Morgan fingerprint density at radius 3 is 2.77 bits per heavy atom. The summed E-state index contributed by atoms with van der Waals surface area (Å²) in [5, 5.41) is 8.63. The van der Waals surface area contributed by atoms with Crippen molar-refractivity contribution in [3.05, 3.63) is 0 Å². The van der Waals surface area contributed by atoms with Crippen molar-refractivity contribution in [1.82, 2.24) is 10.2 Å². The lowest BCUT2D eigenvalue weighted by Gasteiger charge is -2.03. The molecule has 0 atom stereocenters. The van der Waals surface area contributed by atoms with E-state index in [1.165, 1.54) is 23.1 Å². The van der Waals surface area contributed by atoms with Crippen LogP contribution in [0.3, 0.4) is 0 Å². The van der Waals surface area contributed by atoms with Crippen LogP contribution >= 0.6 is 23.1 Å². The molecule has 0 unspecified atom stereocenters. The maximum atomic E-state index is 10.5. The number of nitrogens with zero attached hydrogens (tertiary/aromatic N) is 3. The number of hydrogen-bond acceptors (Lipinski definition) is 6. The number of carbonyl (C=O) groups excluding carboxylic acids is 1. The van der Waals surface area contributed by atoms with Gasteiger partial charge < -0.3 is 10.6 Å². The molecule has 0 bridgehead atoms. The van der Waals surface area contributed by atoms with E-state index < -0.39 is 0 Å². The molecule has 0 radical (unpaired) electrons. The zero-order valence-electron chi connectivity index (χ0n) is 7.35. The van der Waals surface area contributed by atoms with E-state index in [0.717, 1.165) is 9.47 Å². The van der Waals surface area contributed by atoms with Gasteiger partial charge in [-0.3, -0.25) is 4.79 Å². The molecule has 0 aliphatic carbocycles. The van der Waals surface area contributed by atoms with Crippen molar-refractivity contribution in [2.75, 3.05) is 24.7 Å². The number of amides is 1. The summed E-state index contributed by atoms with van der Waals surface area (Å²) in [6, 6.07) is 0. The van der Waals surface area contributed by atoms with Gasteiger partial charge in [0.25, 0.3) is 0 Å². The third-order valence-corrected chi connectivity index (χ3v) is 3.36. The lowest BCUT2D eigenvalue weighted by Crippen LogP contribution is -2.12. The van der Waals surface area contributed by atoms with Gasteiger partial charge in [-0.05, 0) is 0 Å². The van der Waals surface area contributed by atoms with E-state index in [4.69, 9.17) is 5.73 Å². The zero-order chi connectivity index (χ0) is 9.84. The average molecular weight is 218 g/mol. The van der Waals surface area contributed by atoms with E-state index in [1.54, 1.807) is 0 Å². The van der Waals surface area contributed by atoms with E-state index in [0.29, 0.717) is 0 Å². The normalized spacial score (nSPS) is 10.0. The van der Waals surface area contributed by atoms with Gasteiger partial charge in [-0.1, -0.05) is 23.1 Å². The highest BCUT2D eigenvalue weighted by Gasteiger charge is 2.06. The smallest absolute Gasteiger partial charge is 0.227 e. The zero-order valence-corrected chi connectivity index (χ0v) is 8.98. The van der Waals surface area contributed by atoms with Gasteiger partial charge in [0.2, 0.25) is 11.0 Å². The molecule has 0 aliphatic rings. The first-order valence-electron chi connectivity index (χ1n) is 3.51. The van der Waals surface area contributed by atoms with E-state index in [-0.39, 0.29) is 11.7 Å². The molecule has 1 aromatic heterocycles. The van der Waals surface area contributed by atoms with Crippen molar-refractivity contribution in [3.8, 4) is 0 Å². The second-order valence-electron chi connectivity index (χ2n) is 2.50. The molecular formula is C6H10N4OS2. The highest BCUT2D eigenvalue weighted by Crippen LogP contribution is 2.26. The van der Waals surface area contributed by atoms with Crippen LogP contribution in [0.2, 0.25) is 0 Å². The van der Waals surface area contributed by atoms with Crippen molar-refractivity contribution in [2.24, 2.45) is 5.73 Å². The topological polar surface area (TPSA) is 72.1 Å². The van der Waals surface area contributed by atoms with Crippen molar-refractivity contribution in [3.63, 3.8) is 0 Å². The van der Waals surface area contributed by atoms with Crippen LogP contribution in [0.4, 0.5) is 5.13 Å². The molecule has 0 saturated heterocycles. The van der Waals surface area contributed by atoms with Gasteiger partial charge in [0.05, 0.1) is 5.75 Å². The van der Waals surface area contributed by atoms with E-state index in [2.05, 4.69) is 10.2 Å². The number of aromatic nitrogens is 2. The van der Waals surface area contributed by atoms with Gasteiger partial charge in [-0.25, -0.2) is 0 Å².